The summed E-state index contributed by atoms with van der Waals surface area (Å²) in [6.45, 7) is 0. The van der Waals surface area contributed by atoms with Gasteiger partial charge in [-0.2, -0.15) is 0 Å². The molecule has 5 heteroatoms. The predicted octanol–water partition coefficient (Wildman–Crippen LogP) is 2.16. The molecule has 0 saturated heterocycles. The lowest BCUT2D eigenvalue weighted by Gasteiger charge is -2.18. The van der Waals surface area contributed by atoms with E-state index in [0.717, 1.165) is 30.7 Å². The number of nitrogens with zero attached hydrogens (tertiary/aromatic N) is 5. The van der Waals surface area contributed by atoms with Crippen molar-refractivity contribution in [1.82, 2.24) is 9.97 Å². The molecular formula is C8H9N5. The Labute approximate surface area is 75.5 Å². The Bertz CT molecular complexity index is 355. The monoisotopic (exact) mass is 175 g/mol. The minimum atomic E-state index is -0.109. The van der Waals surface area contributed by atoms with E-state index in [0.29, 0.717) is 0 Å². The molecule has 1 aliphatic rings. The van der Waals surface area contributed by atoms with Gasteiger partial charge in [-0.25, -0.2) is 0 Å². The summed E-state index contributed by atoms with van der Waals surface area (Å²) >= 11 is 0. The topological polar surface area (TPSA) is 74.5 Å². The largest absolute Gasteiger partial charge is 0.258 e. The van der Waals surface area contributed by atoms with Gasteiger partial charge in [0.2, 0.25) is 0 Å². The van der Waals surface area contributed by atoms with Crippen molar-refractivity contribution < 1.29 is 0 Å². The van der Waals surface area contributed by atoms with Crippen molar-refractivity contribution in [3.8, 4) is 0 Å². The van der Waals surface area contributed by atoms with Crippen LogP contribution < -0.4 is 0 Å². The van der Waals surface area contributed by atoms with Gasteiger partial charge >= 0.3 is 0 Å². The van der Waals surface area contributed by atoms with Crippen LogP contribution in [0.15, 0.2) is 17.5 Å². The third-order valence-corrected chi connectivity index (χ3v) is 2.20. The molecule has 0 N–H and O–H groups in total. The molecule has 1 heterocycles. The Balaban J connectivity index is 2.42. The quantitative estimate of drug-likeness (QED) is 0.372. The van der Waals surface area contributed by atoms with Crippen LogP contribution in [0.25, 0.3) is 10.4 Å². The lowest BCUT2D eigenvalue weighted by atomic mass is 9.96. The first kappa shape index (κ1) is 8.01. The summed E-state index contributed by atoms with van der Waals surface area (Å²) in [5.74, 6) is 0. The van der Waals surface area contributed by atoms with Gasteiger partial charge in [0.05, 0.1) is 17.4 Å². The molecule has 0 fully saturated rings. The average molecular weight is 175 g/mol. The van der Waals surface area contributed by atoms with Crippen LogP contribution in [-0.2, 0) is 6.42 Å². The molecule has 0 bridgehead atoms. The lowest BCUT2D eigenvalue weighted by molar-refractivity contribution is 0.541. The standard InChI is InChI=1S/C8H9N5/c9-13-12-7-3-1-2-6-8(7)11-5-4-10-6/h4-5,7H,1-3H2. The predicted molar refractivity (Wildman–Crippen MR) is 46.9 cm³/mol. The van der Waals surface area contributed by atoms with Crippen LogP contribution in [0.5, 0.6) is 0 Å². The number of aryl methyl sites for hydroxylation is 1. The highest BCUT2D eigenvalue weighted by molar-refractivity contribution is 5.18. The Hall–Kier alpha value is -1.61. The summed E-state index contributed by atoms with van der Waals surface area (Å²) in [6, 6.07) is -0.109. The molecule has 1 aromatic heterocycles. The van der Waals surface area contributed by atoms with Crippen LogP contribution in [0.4, 0.5) is 0 Å². The highest BCUT2D eigenvalue weighted by atomic mass is 15.2. The fourth-order valence-electron chi connectivity index (χ4n) is 1.62. The number of fused-ring (bicyclic) bond motifs is 1. The van der Waals surface area contributed by atoms with Crippen LogP contribution in [0.2, 0.25) is 0 Å². The maximum Gasteiger partial charge on any atom is 0.0816 e. The van der Waals surface area contributed by atoms with Crippen LogP contribution >= 0.6 is 0 Å². The van der Waals surface area contributed by atoms with Crippen molar-refractivity contribution in [1.29, 1.82) is 0 Å². The fourth-order valence-corrected chi connectivity index (χ4v) is 1.62. The van der Waals surface area contributed by atoms with Crippen LogP contribution in [0.3, 0.4) is 0 Å². The van der Waals surface area contributed by atoms with Crippen molar-refractivity contribution in [2.75, 3.05) is 0 Å². The Morgan fingerprint density at radius 3 is 3.15 bits per heavy atom. The maximum absolute atomic E-state index is 8.35. The van der Waals surface area contributed by atoms with Crippen molar-refractivity contribution in [2.24, 2.45) is 5.11 Å². The minimum Gasteiger partial charge on any atom is -0.258 e. The number of hydrogen-bond donors (Lipinski definition) is 0. The molecular weight excluding hydrogens is 166 g/mol. The molecule has 2 rings (SSSR count). The zero-order chi connectivity index (χ0) is 9.10. The second-order valence-electron chi connectivity index (χ2n) is 3.00. The van der Waals surface area contributed by atoms with Gasteiger partial charge in [0.15, 0.2) is 0 Å². The van der Waals surface area contributed by atoms with E-state index < -0.39 is 0 Å². The van der Waals surface area contributed by atoms with Crippen molar-refractivity contribution >= 4 is 0 Å². The summed E-state index contributed by atoms with van der Waals surface area (Å²) in [5, 5.41) is 3.70. The van der Waals surface area contributed by atoms with Gasteiger partial charge < -0.3 is 0 Å². The summed E-state index contributed by atoms with van der Waals surface area (Å²) in [6.07, 6.45) is 6.17. The van der Waals surface area contributed by atoms with Crippen LogP contribution in [0, 0.1) is 0 Å². The second kappa shape index (κ2) is 3.41. The van der Waals surface area contributed by atoms with Crippen molar-refractivity contribution in [3.05, 3.63) is 34.2 Å². The second-order valence-corrected chi connectivity index (χ2v) is 3.00. The van der Waals surface area contributed by atoms with Gasteiger partial charge in [0, 0.05) is 17.3 Å². The Kier molecular flexibility index (Phi) is 2.10. The average Bonchev–Trinajstić information content (AvgIpc) is 2.19. The van der Waals surface area contributed by atoms with E-state index in [1.54, 1.807) is 12.4 Å². The summed E-state index contributed by atoms with van der Waals surface area (Å²) in [4.78, 5) is 11.2. The molecule has 0 radical (unpaired) electrons. The third kappa shape index (κ3) is 1.46. The molecule has 5 nitrogen and oxygen atoms in total. The van der Waals surface area contributed by atoms with Gasteiger partial charge in [-0.15, -0.1) is 0 Å². The molecule has 0 aliphatic heterocycles. The van der Waals surface area contributed by atoms with Crippen LogP contribution in [0.1, 0.15) is 30.3 Å². The van der Waals surface area contributed by atoms with E-state index in [2.05, 4.69) is 20.0 Å². The summed E-state index contributed by atoms with van der Waals surface area (Å²) in [5.41, 5.74) is 10.2. The van der Waals surface area contributed by atoms with Gasteiger partial charge in [-0.3, -0.25) is 9.97 Å². The summed E-state index contributed by atoms with van der Waals surface area (Å²) in [7, 11) is 0. The Morgan fingerprint density at radius 1 is 1.46 bits per heavy atom. The molecule has 1 aliphatic carbocycles. The van der Waals surface area contributed by atoms with Crippen molar-refractivity contribution in [3.63, 3.8) is 0 Å². The van der Waals surface area contributed by atoms with E-state index in [1.807, 2.05) is 0 Å². The smallest absolute Gasteiger partial charge is 0.0816 e. The van der Waals surface area contributed by atoms with E-state index in [4.69, 9.17) is 5.53 Å². The molecule has 1 aromatic rings. The van der Waals surface area contributed by atoms with Gasteiger partial charge in [0.1, 0.15) is 0 Å². The normalized spacial score (nSPS) is 20.2. The SMILES string of the molecule is [N-]=[N+]=NC1CCCc2nccnc21. The number of hydrogen-bond acceptors (Lipinski definition) is 3. The lowest BCUT2D eigenvalue weighted by Crippen LogP contribution is -2.11. The molecule has 1 unspecified atom stereocenters. The van der Waals surface area contributed by atoms with Gasteiger partial charge in [-0.05, 0) is 24.8 Å². The van der Waals surface area contributed by atoms with E-state index in [9.17, 15) is 0 Å². The first-order valence-corrected chi connectivity index (χ1v) is 4.26. The zero-order valence-corrected chi connectivity index (χ0v) is 7.09. The van der Waals surface area contributed by atoms with E-state index in [1.165, 1.54) is 0 Å². The van der Waals surface area contributed by atoms with Crippen molar-refractivity contribution in [2.45, 2.75) is 25.3 Å². The maximum atomic E-state index is 8.35. The third-order valence-electron chi connectivity index (χ3n) is 2.20. The highest BCUT2D eigenvalue weighted by Gasteiger charge is 2.20. The highest BCUT2D eigenvalue weighted by Crippen LogP contribution is 2.29. The number of aromatic nitrogens is 2. The van der Waals surface area contributed by atoms with E-state index in [-0.39, 0.29) is 6.04 Å². The molecule has 0 saturated carbocycles. The fraction of sp³-hybridized carbons (Fsp3) is 0.500. The van der Waals surface area contributed by atoms with Gasteiger partial charge in [-0.1, -0.05) is 5.11 Å². The molecule has 1 atom stereocenters. The van der Waals surface area contributed by atoms with E-state index >= 15 is 0 Å². The summed E-state index contributed by atoms with van der Waals surface area (Å²) < 4.78 is 0. The van der Waals surface area contributed by atoms with Gasteiger partial charge in [0.25, 0.3) is 0 Å². The molecule has 0 aromatic carbocycles. The zero-order valence-electron chi connectivity index (χ0n) is 7.09. The molecule has 0 spiro atoms. The van der Waals surface area contributed by atoms with Crippen LogP contribution in [-0.4, -0.2) is 9.97 Å². The molecule has 66 valence electrons. The minimum absolute atomic E-state index is 0.109. The molecule has 13 heavy (non-hydrogen) atoms. The Morgan fingerprint density at radius 2 is 2.31 bits per heavy atom. The first-order chi connectivity index (χ1) is 6.42. The number of azide groups is 1. The molecule has 0 amide bonds. The number of rotatable bonds is 1. The first-order valence-electron chi connectivity index (χ1n) is 4.26.